The van der Waals surface area contributed by atoms with E-state index in [1.54, 1.807) is 0 Å². The van der Waals surface area contributed by atoms with E-state index in [1.807, 2.05) is 82.4 Å². The number of rotatable bonds is 5. The van der Waals surface area contributed by atoms with Crippen LogP contribution in [0.25, 0.3) is 16.1 Å². The average Bonchev–Trinajstić information content (AvgIpc) is 3.13. The highest BCUT2D eigenvalue weighted by Gasteiger charge is 2.54. The van der Waals surface area contributed by atoms with E-state index in [0.29, 0.717) is 29.6 Å². The number of nitrogens with zero attached hydrogens (tertiary/aromatic N) is 3. The van der Waals surface area contributed by atoms with Crippen LogP contribution in [0.4, 0.5) is 0 Å². The number of thiazole rings is 1. The number of aryl methyl sites for hydroxylation is 1. The molecule has 4 aromatic rings. The molecule has 1 saturated carbocycles. The molecule has 0 bridgehead atoms. The molecule has 2 amide bonds. The fourth-order valence-electron chi connectivity index (χ4n) is 5.21. The number of aromatic nitrogens is 2. The first kappa shape index (κ1) is 20.2. The van der Waals surface area contributed by atoms with Crippen LogP contribution in [0, 0.1) is 18.8 Å². The number of likely N-dealkylation sites (tertiary alicyclic amines) is 1. The van der Waals surface area contributed by atoms with Crippen LogP contribution in [0.3, 0.4) is 0 Å². The quantitative estimate of drug-likeness (QED) is 0.488. The Morgan fingerprint density at radius 1 is 1.12 bits per heavy atom. The Balaban J connectivity index is 1.23. The number of amides is 2. The van der Waals surface area contributed by atoms with Crippen molar-refractivity contribution in [2.45, 2.75) is 19.4 Å². The molecule has 6 nitrogen and oxygen atoms in total. The van der Waals surface area contributed by atoms with Crippen molar-refractivity contribution >= 4 is 28.1 Å². The molecule has 166 valence electrons. The molecule has 3 atom stereocenters. The third-order valence-corrected chi connectivity index (χ3v) is 7.69. The van der Waals surface area contributed by atoms with Crippen molar-refractivity contribution in [3.8, 4) is 11.1 Å². The Labute approximate surface area is 195 Å². The third-order valence-electron chi connectivity index (χ3n) is 6.93. The topological polar surface area (TPSA) is 66.7 Å². The molecule has 2 aromatic carbocycles. The molecule has 3 heterocycles. The maximum absolute atomic E-state index is 13.7. The highest BCUT2D eigenvalue weighted by atomic mass is 32.1. The number of carbonyl (C=O) groups is 2. The predicted molar refractivity (Wildman–Crippen MR) is 128 cm³/mol. The fourth-order valence-corrected chi connectivity index (χ4v) is 5.97. The van der Waals surface area contributed by atoms with Gasteiger partial charge in [-0.1, -0.05) is 48.5 Å². The van der Waals surface area contributed by atoms with Crippen LogP contribution in [-0.2, 0) is 0 Å². The molecule has 1 aliphatic heterocycles. The van der Waals surface area contributed by atoms with Crippen molar-refractivity contribution in [3.05, 3.63) is 83.1 Å². The monoisotopic (exact) mass is 456 g/mol. The van der Waals surface area contributed by atoms with E-state index in [9.17, 15) is 9.59 Å². The number of benzene rings is 2. The normalized spacial score (nSPS) is 21.2. The summed E-state index contributed by atoms with van der Waals surface area (Å²) in [7, 11) is 0. The smallest absolute Gasteiger partial charge is 0.270 e. The van der Waals surface area contributed by atoms with Gasteiger partial charge in [-0.25, -0.2) is 4.98 Å². The Morgan fingerprint density at radius 2 is 1.91 bits per heavy atom. The molecule has 0 unspecified atom stereocenters. The molecule has 1 N–H and O–H groups in total. The van der Waals surface area contributed by atoms with Gasteiger partial charge in [-0.2, -0.15) is 0 Å². The number of fused-ring (bicyclic) bond motifs is 2. The van der Waals surface area contributed by atoms with Crippen LogP contribution in [-0.4, -0.2) is 45.2 Å². The standard InChI is InChI=1S/C26H24N4O2S/c1-16-23(29-11-12-33-26(29)28-16)24(31)27-14-22-21-13-18(21)15-30(22)25(32)20-10-6-5-9-19(20)17-7-3-2-4-8-17/h2-12,18,21-22H,13-15H2,1H3,(H,27,31)/t18-,21-,22-/m1/s1. The van der Waals surface area contributed by atoms with Gasteiger partial charge in [-0.3, -0.25) is 14.0 Å². The summed E-state index contributed by atoms with van der Waals surface area (Å²) < 4.78 is 1.84. The zero-order chi connectivity index (χ0) is 22.5. The van der Waals surface area contributed by atoms with Crippen molar-refractivity contribution in [2.24, 2.45) is 11.8 Å². The number of imidazole rings is 1. The summed E-state index contributed by atoms with van der Waals surface area (Å²) in [5.41, 5.74) is 3.99. The lowest BCUT2D eigenvalue weighted by Crippen LogP contribution is -2.45. The minimum atomic E-state index is -0.139. The Morgan fingerprint density at radius 3 is 2.76 bits per heavy atom. The number of hydrogen-bond donors (Lipinski definition) is 1. The summed E-state index contributed by atoms with van der Waals surface area (Å²) in [6, 6.07) is 17.8. The van der Waals surface area contributed by atoms with E-state index < -0.39 is 0 Å². The molecule has 2 aromatic heterocycles. The van der Waals surface area contributed by atoms with Crippen LogP contribution in [0.2, 0.25) is 0 Å². The first-order chi connectivity index (χ1) is 16.1. The van der Waals surface area contributed by atoms with Gasteiger partial charge in [-0.05, 0) is 42.4 Å². The van der Waals surface area contributed by atoms with Gasteiger partial charge in [0.05, 0.1) is 11.7 Å². The molecule has 0 radical (unpaired) electrons. The minimum Gasteiger partial charge on any atom is -0.349 e. The molecule has 1 aliphatic carbocycles. The lowest BCUT2D eigenvalue weighted by Gasteiger charge is -2.28. The van der Waals surface area contributed by atoms with E-state index in [1.165, 1.54) is 11.3 Å². The predicted octanol–water partition coefficient (Wildman–Crippen LogP) is 4.26. The zero-order valence-electron chi connectivity index (χ0n) is 18.3. The van der Waals surface area contributed by atoms with Gasteiger partial charge in [0.1, 0.15) is 5.69 Å². The van der Waals surface area contributed by atoms with Crippen molar-refractivity contribution in [2.75, 3.05) is 13.1 Å². The maximum Gasteiger partial charge on any atom is 0.270 e. The number of carbonyl (C=O) groups excluding carboxylic acids is 2. The maximum atomic E-state index is 13.7. The summed E-state index contributed by atoms with van der Waals surface area (Å²) in [5, 5.41) is 5.03. The molecule has 0 spiro atoms. The van der Waals surface area contributed by atoms with Crippen molar-refractivity contribution in [1.29, 1.82) is 0 Å². The fraction of sp³-hybridized carbons (Fsp3) is 0.269. The molecule has 2 aliphatic rings. The van der Waals surface area contributed by atoms with Gasteiger partial charge in [0.2, 0.25) is 0 Å². The Kier molecular flexibility index (Phi) is 4.80. The van der Waals surface area contributed by atoms with Crippen molar-refractivity contribution in [3.63, 3.8) is 0 Å². The number of piperidine rings is 1. The van der Waals surface area contributed by atoms with Gasteiger partial charge >= 0.3 is 0 Å². The van der Waals surface area contributed by atoms with E-state index >= 15 is 0 Å². The highest BCUT2D eigenvalue weighted by Crippen LogP contribution is 2.50. The highest BCUT2D eigenvalue weighted by molar-refractivity contribution is 7.15. The zero-order valence-corrected chi connectivity index (χ0v) is 19.1. The molecule has 6 rings (SSSR count). The van der Waals surface area contributed by atoms with E-state index in [4.69, 9.17) is 0 Å². The second-order valence-electron chi connectivity index (χ2n) is 8.91. The largest absolute Gasteiger partial charge is 0.349 e. The Bertz CT molecular complexity index is 1360. The second-order valence-corrected chi connectivity index (χ2v) is 9.78. The average molecular weight is 457 g/mol. The third kappa shape index (κ3) is 3.43. The molecular formula is C26H24N4O2S. The van der Waals surface area contributed by atoms with Crippen LogP contribution in [0.1, 0.15) is 33.0 Å². The molecule has 33 heavy (non-hydrogen) atoms. The van der Waals surface area contributed by atoms with E-state index in [-0.39, 0.29) is 17.9 Å². The molecule has 7 heteroatoms. The molecule has 1 saturated heterocycles. The molecule has 2 fully saturated rings. The number of nitrogens with one attached hydrogen (secondary N) is 1. The van der Waals surface area contributed by atoms with E-state index in [2.05, 4.69) is 10.3 Å². The number of hydrogen-bond acceptors (Lipinski definition) is 4. The Hall–Kier alpha value is -3.45. The van der Waals surface area contributed by atoms with E-state index in [0.717, 1.165) is 34.7 Å². The minimum absolute atomic E-state index is 0.0153. The first-order valence-electron chi connectivity index (χ1n) is 11.3. The van der Waals surface area contributed by atoms with Gasteiger partial charge in [0.25, 0.3) is 11.8 Å². The van der Waals surface area contributed by atoms with Gasteiger partial charge in [-0.15, -0.1) is 11.3 Å². The van der Waals surface area contributed by atoms with Gasteiger partial charge < -0.3 is 10.2 Å². The lowest BCUT2D eigenvalue weighted by atomic mass is 9.98. The molecular weight excluding hydrogens is 432 g/mol. The lowest BCUT2D eigenvalue weighted by molar-refractivity contribution is 0.0695. The van der Waals surface area contributed by atoms with Crippen molar-refractivity contribution in [1.82, 2.24) is 19.6 Å². The van der Waals surface area contributed by atoms with Gasteiger partial charge in [0.15, 0.2) is 4.96 Å². The van der Waals surface area contributed by atoms with Crippen LogP contribution in [0.15, 0.2) is 66.2 Å². The van der Waals surface area contributed by atoms with Crippen molar-refractivity contribution < 1.29 is 9.59 Å². The van der Waals surface area contributed by atoms with Crippen LogP contribution < -0.4 is 5.32 Å². The SMILES string of the molecule is Cc1nc2sccn2c1C(=O)NC[C@@H]1[C@@H]2C[C@@H]2CN1C(=O)c1ccccc1-c1ccccc1. The summed E-state index contributed by atoms with van der Waals surface area (Å²) in [4.78, 5) is 34.0. The summed E-state index contributed by atoms with van der Waals surface area (Å²) >= 11 is 1.51. The van der Waals surface area contributed by atoms with Crippen LogP contribution in [0.5, 0.6) is 0 Å². The summed E-state index contributed by atoms with van der Waals surface area (Å²) in [6.45, 7) is 3.07. The summed E-state index contributed by atoms with van der Waals surface area (Å²) in [5.74, 6) is 0.909. The second kappa shape index (κ2) is 7.85. The van der Waals surface area contributed by atoms with Gasteiger partial charge in [0, 0.05) is 30.2 Å². The van der Waals surface area contributed by atoms with Crippen LogP contribution >= 0.6 is 11.3 Å². The summed E-state index contributed by atoms with van der Waals surface area (Å²) in [6.07, 6.45) is 3.00. The first-order valence-corrected chi connectivity index (χ1v) is 12.2.